The van der Waals surface area contributed by atoms with Gasteiger partial charge >= 0.3 is 0 Å². The van der Waals surface area contributed by atoms with Gasteiger partial charge in [-0.3, -0.25) is 4.79 Å². The number of benzene rings is 1. The van der Waals surface area contributed by atoms with Crippen LogP contribution in [0.15, 0.2) is 35.7 Å². The Morgan fingerprint density at radius 2 is 2.22 bits per heavy atom. The van der Waals surface area contributed by atoms with Gasteiger partial charge in [0.05, 0.1) is 4.88 Å². The van der Waals surface area contributed by atoms with Gasteiger partial charge in [-0.05, 0) is 41.1 Å². The summed E-state index contributed by atoms with van der Waals surface area (Å²) in [5.74, 6) is -0.0454. The topological polar surface area (TPSA) is 55.1 Å². The van der Waals surface area contributed by atoms with Crippen LogP contribution < -0.4 is 11.1 Å². The molecule has 3 nitrogen and oxygen atoms in total. The highest BCUT2D eigenvalue weighted by Crippen LogP contribution is 2.19. The second kappa shape index (κ2) is 5.80. The van der Waals surface area contributed by atoms with Crippen molar-refractivity contribution in [3.63, 3.8) is 0 Å². The summed E-state index contributed by atoms with van der Waals surface area (Å²) in [6.07, 6.45) is 0.870. The first-order chi connectivity index (χ1) is 8.74. The van der Waals surface area contributed by atoms with Crippen molar-refractivity contribution in [3.8, 4) is 0 Å². The Bertz CT molecular complexity index is 548. The van der Waals surface area contributed by atoms with E-state index in [-0.39, 0.29) is 5.91 Å². The van der Waals surface area contributed by atoms with Crippen LogP contribution in [0.25, 0.3) is 0 Å². The molecule has 1 heterocycles. The molecule has 0 aliphatic rings. The van der Waals surface area contributed by atoms with Crippen molar-refractivity contribution in [2.75, 3.05) is 5.32 Å². The molecule has 0 saturated carbocycles. The molecule has 1 aromatic heterocycles. The summed E-state index contributed by atoms with van der Waals surface area (Å²) in [6.45, 7) is 2.52. The fourth-order valence-electron chi connectivity index (χ4n) is 1.78. The Morgan fingerprint density at radius 3 is 2.94 bits per heavy atom. The largest absolute Gasteiger partial charge is 0.326 e. The molecule has 1 amide bonds. The van der Waals surface area contributed by atoms with Gasteiger partial charge in [0.15, 0.2) is 0 Å². The van der Waals surface area contributed by atoms with Crippen LogP contribution in [0.4, 0.5) is 5.69 Å². The van der Waals surface area contributed by atoms with E-state index in [4.69, 9.17) is 5.73 Å². The molecule has 2 aromatic rings. The molecule has 0 unspecified atom stereocenters. The molecule has 0 aliphatic carbocycles. The second-order valence-electron chi connectivity index (χ2n) is 3.99. The van der Waals surface area contributed by atoms with Gasteiger partial charge in [-0.25, -0.2) is 0 Å². The van der Waals surface area contributed by atoms with Crippen molar-refractivity contribution in [1.82, 2.24) is 0 Å². The van der Waals surface area contributed by atoms with E-state index in [1.807, 2.05) is 42.6 Å². The number of thiophene rings is 1. The predicted molar refractivity (Wildman–Crippen MR) is 76.0 cm³/mol. The summed E-state index contributed by atoms with van der Waals surface area (Å²) in [7, 11) is 0. The molecule has 0 atom stereocenters. The van der Waals surface area contributed by atoms with Crippen LogP contribution in [0.5, 0.6) is 0 Å². The van der Waals surface area contributed by atoms with Crippen LogP contribution in [0.1, 0.15) is 27.7 Å². The standard InChI is InChI=1S/C14H16N2OS/c1-2-11-6-7-18-13(11)14(17)16-12-5-3-4-10(8-12)9-15/h3-8H,2,9,15H2,1H3,(H,16,17). The van der Waals surface area contributed by atoms with Crippen molar-refractivity contribution in [2.24, 2.45) is 5.73 Å². The van der Waals surface area contributed by atoms with E-state index in [9.17, 15) is 4.79 Å². The van der Waals surface area contributed by atoms with Gasteiger partial charge in [0.1, 0.15) is 0 Å². The number of anilines is 1. The lowest BCUT2D eigenvalue weighted by Gasteiger charge is -2.06. The number of aryl methyl sites for hydroxylation is 1. The number of amides is 1. The summed E-state index contributed by atoms with van der Waals surface area (Å²) < 4.78 is 0. The molecule has 94 valence electrons. The third-order valence-corrected chi connectivity index (χ3v) is 3.71. The van der Waals surface area contributed by atoms with Gasteiger partial charge in [0, 0.05) is 12.2 Å². The summed E-state index contributed by atoms with van der Waals surface area (Å²) in [6, 6.07) is 9.61. The molecular weight excluding hydrogens is 244 g/mol. The number of rotatable bonds is 4. The summed E-state index contributed by atoms with van der Waals surface area (Å²) in [5, 5.41) is 4.86. The summed E-state index contributed by atoms with van der Waals surface area (Å²) >= 11 is 1.47. The third-order valence-electron chi connectivity index (χ3n) is 2.75. The van der Waals surface area contributed by atoms with Crippen molar-refractivity contribution in [1.29, 1.82) is 0 Å². The van der Waals surface area contributed by atoms with Crippen molar-refractivity contribution < 1.29 is 4.79 Å². The van der Waals surface area contributed by atoms with E-state index in [0.717, 1.165) is 28.1 Å². The fraction of sp³-hybridized carbons (Fsp3) is 0.214. The number of nitrogens with one attached hydrogen (secondary N) is 1. The minimum atomic E-state index is -0.0454. The van der Waals surface area contributed by atoms with Gasteiger partial charge in [-0.15, -0.1) is 11.3 Å². The van der Waals surface area contributed by atoms with E-state index in [1.54, 1.807) is 0 Å². The highest BCUT2D eigenvalue weighted by atomic mass is 32.1. The molecule has 0 radical (unpaired) electrons. The first-order valence-corrected chi connectivity index (χ1v) is 6.79. The molecule has 18 heavy (non-hydrogen) atoms. The Labute approximate surface area is 111 Å². The normalized spacial score (nSPS) is 10.3. The van der Waals surface area contributed by atoms with Crippen LogP contribution in [0.3, 0.4) is 0 Å². The molecule has 0 fully saturated rings. The average molecular weight is 260 g/mol. The van der Waals surface area contributed by atoms with E-state index in [0.29, 0.717) is 6.54 Å². The molecule has 4 heteroatoms. The zero-order valence-corrected chi connectivity index (χ0v) is 11.1. The smallest absolute Gasteiger partial charge is 0.266 e. The van der Waals surface area contributed by atoms with Crippen molar-refractivity contribution in [3.05, 3.63) is 51.7 Å². The lowest BCUT2D eigenvalue weighted by molar-refractivity contribution is 0.103. The van der Waals surface area contributed by atoms with Crippen LogP contribution in [0, 0.1) is 0 Å². The number of hydrogen-bond donors (Lipinski definition) is 2. The van der Waals surface area contributed by atoms with E-state index < -0.39 is 0 Å². The maximum atomic E-state index is 12.1. The van der Waals surface area contributed by atoms with Gasteiger partial charge in [0.25, 0.3) is 5.91 Å². The van der Waals surface area contributed by atoms with Crippen molar-refractivity contribution in [2.45, 2.75) is 19.9 Å². The fourth-order valence-corrected chi connectivity index (χ4v) is 2.67. The molecule has 3 N–H and O–H groups in total. The maximum absolute atomic E-state index is 12.1. The van der Waals surface area contributed by atoms with Crippen LogP contribution >= 0.6 is 11.3 Å². The lowest BCUT2D eigenvalue weighted by Crippen LogP contribution is -2.12. The first kappa shape index (κ1) is 12.8. The molecule has 0 saturated heterocycles. The number of hydrogen-bond acceptors (Lipinski definition) is 3. The SMILES string of the molecule is CCc1ccsc1C(=O)Nc1cccc(CN)c1. The Hall–Kier alpha value is -1.65. The van der Waals surface area contributed by atoms with E-state index >= 15 is 0 Å². The molecule has 0 bridgehead atoms. The quantitative estimate of drug-likeness (QED) is 0.887. The van der Waals surface area contributed by atoms with Gasteiger partial charge in [-0.1, -0.05) is 19.1 Å². The second-order valence-corrected chi connectivity index (χ2v) is 4.90. The van der Waals surface area contributed by atoms with Crippen LogP contribution in [-0.2, 0) is 13.0 Å². The highest BCUT2D eigenvalue weighted by molar-refractivity contribution is 7.12. The predicted octanol–water partition coefficient (Wildman–Crippen LogP) is 3.02. The van der Waals surface area contributed by atoms with Gasteiger partial charge in [-0.2, -0.15) is 0 Å². The van der Waals surface area contributed by atoms with Crippen molar-refractivity contribution >= 4 is 22.9 Å². The summed E-state index contributed by atoms with van der Waals surface area (Å²) in [4.78, 5) is 12.9. The third kappa shape index (κ3) is 2.78. The Morgan fingerprint density at radius 1 is 1.39 bits per heavy atom. The highest BCUT2D eigenvalue weighted by Gasteiger charge is 2.12. The number of nitrogens with two attached hydrogens (primary N) is 1. The monoisotopic (exact) mass is 260 g/mol. The number of carbonyl (C=O) groups excluding carboxylic acids is 1. The lowest BCUT2D eigenvalue weighted by atomic mass is 10.2. The zero-order chi connectivity index (χ0) is 13.0. The summed E-state index contributed by atoms with van der Waals surface area (Å²) in [5.41, 5.74) is 8.47. The van der Waals surface area contributed by atoms with E-state index in [2.05, 4.69) is 5.32 Å². The Balaban J connectivity index is 2.16. The minimum absolute atomic E-state index is 0.0454. The average Bonchev–Trinajstić information content (AvgIpc) is 2.87. The van der Waals surface area contributed by atoms with Crippen LogP contribution in [-0.4, -0.2) is 5.91 Å². The van der Waals surface area contributed by atoms with E-state index in [1.165, 1.54) is 11.3 Å². The molecule has 0 aliphatic heterocycles. The molecule has 1 aromatic carbocycles. The van der Waals surface area contributed by atoms with Gasteiger partial charge in [0.2, 0.25) is 0 Å². The Kier molecular flexibility index (Phi) is 4.12. The minimum Gasteiger partial charge on any atom is -0.326 e. The molecule has 0 spiro atoms. The van der Waals surface area contributed by atoms with Crippen LogP contribution in [0.2, 0.25) is 0 Å². The zero-order valence-electron chi connectivity index (χ0n) is 10.3. The molecule has 2 rings (SSSR count). The first-order valence-electron chi connectivity index (χ1n) is 5.91. The maximum Gasteiger partial charge on any atom is 0.266 e. The molecular formula is C14H16N2OS. The number of carbonyl (C=O) groups is 1. The van der Waals surface area contributed by atoms with Gasteiger partial charge < -0.3 is 11.1 Å².